The van der Waals surface area contributed by atoms with Crippen molar-refractivity contribution in [2.45, 2.75) is 6.04 Å². The first-order valence-electron chi connectivity index (χ1n) is 6.50. The Labute approximate surface area is 120 Å². The van der Waals surface area contributed by atoms with Crippen LogP contribution in [0.25, 0.3) is 0 Å². The zero-order valence-corrected chi connectivity index (χ0v) is 11.3. The fraction of sp³-hybridized carbons (Fsp3) is 0.462. The molecule has 0 aromatic heterocycles. The fourth-order valence-electron chi connectivity index (χ4n) is 2.47. The van der Waals surface area contributed by atoms with Gasteiger partial charge in [0.05, 0.1) is 22.6 Å². The van der Waals surface area contributed by atoms with Crippen molar-refractivity contribution in [2.75, 3.05) is 32.9 Å². The van der Waals surface area contributed by atoms with E-state index in [0.29, 0.717) is 26.2 Å². The van der Waals surface area contributed by atoms with Crippen LogP contribution in [0.4, 0.5) is 10.1 Å². The first-order chi connectivity index (χ1) is 10.1. The molecule has 21 heavy (non-hydrogen) atoms. The molecule has 0 saturated carbocycles. The van der Waals surface area contributed by atoms with E-state index < -0.39 is 29.1 Å². The summed E-state index contributed by atoms with van der Waals surface area (Å²) in [6.45, 7) is 1.70. The van der Waals surface area contributed by atoms with Crippen LogP contribution >= 0.6 is 0 Å². The lowest BCUT2D eigenvalue weighted by Gasteiger charge is -2.33. The highest BCUT2D eigenvalue weighted by atomic mass is 19.1. The minimum Gasteiger partial charge on any atom is -0.502 e. The van der Waals surface area contributed by atoms with Gasteiger partial charge in [-0.25, -0.2) is 4.39 Å². The molecule has 112 valence electrons. The Balaban J connectivity index is 2.47. The van der Waals surface area contributed by atoms with Crippen LogP contribution in [0.15, 0.2) is 12.1 Å². The van der Waals surface area contributed by atoms with Crippen LogP contribution in [-0.4, -0.2) is 47.8 Å². The maximum Gasteiger partial charge on any atom is 0.312 e. The highest BCUT2D eigenvalue weighted by molar-refractivity contribution is 5.57. The Morgan fingerprint density at radius 1 is 1.52 bits per heavy atom. The van der Waals surface area contributed by atoms with Crippen LogP contribution in [0.3, 0.4) is 0 Å². The molecular weight excluding hydrogens is 279 g/mol. The highest BCUT2D eigenvalue weighted by Crippen LogP contribution is 2.37. The van der Waals surface area contributed by atoms with E-state index in [0.717, 1.165) is 6.07 Å². The molecule has 1 aromatic carbocycles. The molecular formula is C13H15FN4O3. The summed E-state index contributed by atoms with van der Waals surface area (Å²) in [5, 5.41) is 33.1. The number of nitro benzene ring substituents is 1. The van der Waals surface area contributed by atoms with Gasteiger partial charge in [-0.05, 0) is 6.07 Å². The summed E-state index contributed by atoms with van der Waals surface area (Å²) >= 11 is 0. The van der Waals surface area contributed by atoms with Crippen molar-refractivity contribution in [3.63, 3.8) is 0 Å². The lowest BCUT2D eigenvalue weighted by Crippen LogP contribution is -2.45. The van der Waals surface area contributed by atoms with Crippen molar-refractivity contribution >= 4 is 5.69 Å². The normalized spacial score (nSPS) is 17.1. The van der Waals surface area contributed by atoms with Gasteiger partial charge in [-0.3, -0.25) is 15.0 Å². The van der Waals surface area contributed by atoms with Crippen molar-refractivity contribution in [3.05, 3.63) is 33.4 Å². The van der Waals surface area contributed by atoms with Gasteiger partial charge in [0.1, 0.15) is 6.67 Å². The average molecular weight is 294 g/mol. The topological polar surface area (TPSA) is 102 Å². The van der Waals surface area contributed by atoms with E-state index >= 15 is 0 Å². The number of aromatic hydroxyl groups is 1. The van der Waals surface area contributed by atoms with Gasteiger partial charge in [-0.2, -0.15) is 5.26 Å². The summed E-state index contributed by atoms with van der Waals surface area (Å²) in [5.74, 6) is -0.569. The number of nitrogens with zero attached hydrogens (tertiary/aromatic N) is 3. The van der Waals surface area contributed by atoms with Gasteiger partial charge >= 0.3 is 5.69 Å². The van der Waals surface area contributed by atoms with Crippen molar-refractivity contribution in [1.82, 2.24) is 10.2 Å². The minimum atomic E-state index is -0.793. The van der Waals surface area contributed by atoms with E-state index in [1.165, 1.54) is 6.07 Å². The van der Waals surface area contributed by atoms with Crippen LogP contribution in [0.1, 0.15) is 17.2 Å². The number of phenolic OH excluding ortho intramolecular Hbond substituents is 1. The molecule has 0 aliphatic carbocycles. The highest BCUT2D eigenvalue weighted by Gasteiger charge is 2.29. The number of nitriles is 1. The molecule has 1 aromatic rings. The molecule has 1 atom stereocenters. The first-order valence-corrected chi connectivity index (χ1v) is 6.50. The summed E-state index contributed by atoms with van der Waals surface area (Å²) < 4.78 is 13.5. The monoisotopic (exact) mass is 294 g/mol. The molecule has 0 amide bonds. The Morgan fingerprint density at radius 3 is 2.71 bits per heavy atom. The number of alkyl halides is 1. The Bertz CT molecular complexity index is 582. The second-order valence-electron chi connectivity index (χ2n) is 4.76. The van der Waals surface area contributed by atoms with Crippen LogP contribution < -0.4 is 5.32 Å². The van der Waals surface area contributed by atoms with Gasteiger partial charge in [0.25, 0.3) is 0 Å². The molecule has 2 rings (SSSR count). The van der Waals surface area contributed by atoms with Crippen molar-refractivity contribution < 1.29 is 14.4 Å². The van der Waals surface area contributed by atoms with E-state index in [1.807, 2.05) is 0 Å². The van der Waals surface area contributed by atoms with Crippen LogP contribution in [-0.2, 0) is 0 Å². The molecule has 0 unspecified atom stereocenters. The molecule has 1 aliphatic rings. The summed E-state index contributed by atoms with van der Waals surface area (Å²) in [6.07, 6.45) is 0. The number of hydrogen-bond donors (Lipinski definition) is 2. The predicted molar refractivity (Wildman–Crippen MR) is 72.6 cm³/mol. The van der Waals surface area contributed by atoms with E-state index in [9.17, 15) is 19.6 Å². The Morgan fingerprint density at radius 2 is 2.19 bits per heavy atom. The van der Waals surface area contributed by atoms with E-state index in [2.05, 4.69) is 5.32 Å². The standard InChI is InChI=1S/C13H15FN4O3/c14-7-12(17-3-1-16-2-4-17)10-5-9(8-15)6-11(13(10)19)18(20)21/h5-6,12,16,19H,1-4,7H2/t12-/m0/s1. The Hall–Kier alpha value is -2.24. The number of phenols is 1. The third-order valence-corrected chi connectivity index (χ3v) is 3.54. The molecule has 0 bridgehead atoms. The third kappa shape index (κ3) is 3.09. The zero-order valence-electron chi connectivity index (χ0n) is 11.3. The van der Waals surface area contributed by atoms with Gasteiger partial charge in [0.15, 0.2) is 5.75 Å². The van der Waals surface area contributed by atoms with Crippen LogP contribution in [0, 0.1) is 21.4 Å². The Kier molecular flexibility index (Phi) is 4.67. The second kappa shape index (κ2) is 6.47. The summed E-state index contributed by atoms with van der Waals surface area (Å²) in [5.41, 5.74) is -0.453. The maximum absolute atomic E-state index is 13.5. The first kappa shape index (κ1) is 15.2. The zero-order chi connectivity index (χ0) is 15.4. The molecule has 1 aliphatic heterocycles. The number of piperazine rings is 1. The van der Waals surface area contributed by atoms with Crippen molar-refractivity contribution in [2.24, 2.45) is 0 Å². The van der Waals surface area contributed by atoms with Crippen molar-refractivity contribution in [1.29, 1.82) is 5.26 Å². The number of hydrogen-bond acceptors (Lipinski definition) is 6. The fourth-order valence-corrected chi connectivity index (χ4v) is 2.47. The number of halogens is 1. The van der Waals surface area contributed by atoms with Crippen LogP contribution in [0.2, 0.25) is 0 Å². The molecule has 0 radical (unpaired) electrons. The molecule has 0 spiro atoms. The minimum absolute atomic E-state index is 0.0306. The summed E-state index contributed by atoms with van der Waals surface area (Å²) in [6, 6.07) is 3.32. The van der Waals surface area contributed by atoms with Crippen molar-refractivity contribution in [3.8, 4) is 11.8 Å². The maximum atomic E-state index is 13.5. The van der Waals surface area contributed by atoms with Gasteiger partial charge in [0.2, 0.25) is 0 Å². The van der Waals surface area contributed by atoms with E-state index in [-0.39, 0.29) is 11.1 Å². The number of rotatable bonds is 4. The lowest BCUT2D eigenvalue weighted by molar-refractivity contribution is -0.386. The van der Waals surface area contributed by atoms with Gasteiger partial charge < -0.3 is 10.4 Å². The largest absolute Gasteiger partial charge is 0.502 e. The van der Waals surface area contributed by atoms with Gasteiger partial charge in [0, 0.05) is 37.8 Å². The summed E-state index contributed by atoms with van der Waals surface area (Å²) in [7, 11) is 0. The summed E-state index contributed by atoms with van der Waals surface area (Å²) in [4.78, 5) is 12.0. The molecule has 2 N–H and O–H groups in total. The second-order valence-corrected chi connectivity index (χ2v) is 4.76. The molecule has 1 heterocycles. The van der Waals surface area contributed by atoms with Crippen LogP contribution in [0.5, 0.6) is 5.75 Å². The smallest absolute Gasteiger partial charge is 0.312 e. The molecule has 7 nitrogen and oxygen atoms in total. The number of nitro groups is 1. The van der Waals surface area contributed by atoms with Gasteiger partial charge in [-0.15, -0.1) is 0 Å². The quantitative estimate of drug-likeness (QED) is 0.636. The number of nitrogens with one attached hydrogen (secondary N) is 1. The molecule has 1 fully saturated rings. The molecule has 1 saturated heterocycles. The van der Waals surface area contributed by atoms with E-state index in [4.69, 9.17) is 5.26 Å². The third-order valence-electron chi connectivity index (χ3n) is 3.54. The average Bonchev–Trinajstić information content (AvgIpc) is 2.50. The lowest BCUT2D eigenvalue weighted by atomic mass is 10.0. The van der Waals surface area contributed by atoms with Gasteiger partial charge in [-0.1, -0.05) is 0 Å². The predicted octanol–water partition coefficient (Wildman–Crippen LogP) is 1.09. The molecule has 8 heteroatoms. The van der Waals surface area contributed by atoms with E-state index in [1.54, 1.807) is 11.0 Å². The SMILES string of the molecule is N#Cc1cc([C@H](CF)N2CCNCC2)c(O)c([N+](=O)[O-])c1. The number of benzene rings is 1.